The number of rotatable bonds is 5. The summed E-state index contributed by atoms with van der Waals surface area (Å²) in [6, 6.07) is 3.13. The minimum atomic E-state index is -0.911. The van der Waals surface area contributed by atoms with Gasteiger partial charge in [0.05, 0.1) is 6.42 Å². The van der Waals surface area contributed by atoms with Crippen LogP contribution in [0.25, 0.3) is 0 Å². The van der Waals surface area contributed by atoms with Gasteiger partial charge in [-0.05, 0) is 43.9 Å². The second-order valence-electron chi connectivity index (χ2n) is 7.70. The van der Waals surface area contributed by atoms with Crippen LogP contribution in [-0.2, 0) is 19.8 Å². The normalized spacial score (nSPS) is 17.3. The van der Waals surface area contributed by atoms with Gasteiger partial charge in [0.1, 0.15) is 11.8 Å². The van der Waals surface area contributed by atoms with Crippen LogP contribution < -0.4 is 4.74 Å². The maximum absolute atomic E-state index is 12.7. The fourth-order valence-electron chi connectivity index (χ4n) is 3.91. The van der Waals surface area contributed by atoms with Crippen LogP contribution in [0.4, 0.5) is 0 Å². The van der Waals surface area contributed by atoms with Gasteiger partial charge in [0.25, 0.3) is 0 Å². The number of aliphatic carboxylic acids is 1. The molecule has 0 radical (unpaired) electrons. The Morgan fingerprint density at radius 2 is 1.92 bits per heavy atom. The first-order chi connectivity index (χ1) is 12.0. The molecular weight excluding hydrogens is 334 g/mol. The molecule has 1 heterocycles. The third-order valence-electron chi connectivity index (χ3n) is 4.85. The summed E-state index contributed by atoms with van der Waals surface area (Å²) in [5, 5.41) is 9.25. The summed E-state index contributed by atoms with van der Waals surface area (Å²) < 4.78 is 5.71. The second-order valence-corrected chi connectivity index (χ2v) is 7.70. The number of ether oxygens (including phenoxy) is 1. The molecule has 0 saturated carbocycles. The number of nitrogens with zero attached hydrogens (tertiary/aromatic N) is 1. The van der Waals surface area contributed by atoms with E-state index in [2.05, 4.69) is 0 Å². The number of aryl methyl sites for hydroxylation is 2. The van der Waals surface area contributed by atoms with Gasteiger partial charge in [-0.3, -0.25) is 9.59 Å². The van der Waals surface area contributed by atoms with Crippen LogP contribution in [0, 0.1) is 13.8 Å². The molecule has 6 nitrogen and oxygen atoms in total. The van der Waals surface area contributed by atoms with Crippen molar-refractivity contribution in [2.24, 2.45) is 0 Å². The summed E-state index contributed by atoms with van der Waals surface area (Å²) in [5.41, 5.74) is 1.82. The quantitative estimate of drug-likeness (QED) is 0.644. The zero-order chi connectivity index (χ0) is 19.6. The Morgan fingerprint density at radius 1 is 1.27 bits per heavy atom. The molecule has 1 aliphatic heterocycles. The smallest absolute Gasteiger partial charge is 0.334 e. The Balaban J connectivity index is 2.38. The second kappa shape index (κ2) is 7.48. The van der Waals surface area contributed by atoms with Gasteiger partial charge in [0, 0.05) is 24.4 Å². The van der Waals surface area contributed by atoms with Crippen molar-refractivity contribution in [2.75, 3.05) is 6.54 Å². The highest BCUT2D eigenvalue weighted by Gasteiger charge is 2.36. The number of likely N-dealkylation sites (tertiary alicyclic amines) is 1. The third-order valence-corrected chi connectivity index (χ3v) is 4.85. The molecule has 2 rings (SSSR count). The molecule has 6 heteroatoms. The number of carboxylic acid groups (broad SMARTS) is 1. The van der Waals surface area contributed by atoms with Crippen LogP contribution in [0.1, 0.15) is 56.7 Å². The van der Waals surface area contributed by atoms with Crippen molar-refractivity contribution in [3.8, 4) is 5.75 Å². The number of benzene rings is 1. The lowest BCUT2D eigenvalue weighted by Gasteiger charge is -2.29. The number of amides is 1. The molecule has 1 N–H and O–H groups in total. The zero-order valence-corrected chi connectivity index (χ0v) is 16.1. The average molecular weight is 361 g/mol. The van der Waals surface area contributed by atoms with E-state index in [-0.39, 0.29) is 12.3 Å². The van der Waals surface area contributed by atoms with E-state index in [0.29, 0.717) is 24.3 Å². The summed E-state index contributed by atoms with van der Waals surface area (Å²) in [7, 11) is 0. The molecule has 1 aromatic rings. The first-order valence-electron chi connectivity index (χ1n) is 8.85. The summed E-state index contributed by atoms with van der Waals surface area (Å²) in [5.74, 6) is -1.13. The number of carbonyl (C=O) groups is 3. The molecule has 1 aliphatic rings. The van der Waals surface area contributed by atoms with Crippen LogP contribution in [0.3, 0.4) is 0 Å². The van der Waals surface area contributed by atoms with Crippen molar-refractivity contribution < 1.29 is 24.2 Å². The number of esters is 1. The predicted octanol–water partition coefficient (Wildman–Crippen LogP) is 2.97. The van der Waals surface area contributed by atoms with E-state index in [9.17, 15) is 19.5 Å². The Bertz CT molecular complexity index is 738. The number of hydrogen-bond donors (Lipinski definition) is 1. The molecule has 1 saturated heterocycles. The van der Waals surface area contributed by atoms with Crippen molar-refractivity contribution in [1.29, 1.82) is 0 Å². The van der Waals surface area contributed by atoms with Gasteiger partial charge in [0.15, 0.2) is 0 Å². The van der Waals surface area contributed by atoms with E-state index in [1.165, 1.54) is 11.8 Å². The number of carbonyl (C=O) groups excluding carboxylic acids is 2. The van der Waals surface area contributed by atoms with Gasteiger partial charge in [-0.25, -0.2) is 4.79 Å². The molecule has 1 amide bonds. The Kier molecular flexibility index (Phi) is 5.74. The highest BCUT2D eigenvalue weighted by atomic mass is 16.5. The van der Waals surface area contributed by atoms with E-state index in [1.54, 1.807) is 6.07 Å². The molecule has 0 aromatic heterocycles. The van der Waals surface area contributed by atoms with Crippen LogP contribution in [0.15, 0.2) is 12.1 Å². The van der Waals surface area contributed by atoms with Crippen molar-refractivity contribution >= 4 is 17.8 Å². The standard InChI is InChI=1S/C20H27NO5/c1-12-9-13(2)18(20(4,5)11-17(23)24)16(10-12)26-19(25)15-7-6-8-21(15)14(3)22/h9-10,15H,6-8,11H2,1-5H3,(H,23,24). The van der Waals surface area contributed by atoms with Crippen molar-refractivity contribution in [1.82, 2.24) is 4.90 Å². The lowest BCUT2D eigenvalue weighted by molar-refractivity contribution is -0.145. The van der Waals surface area contributed by atoms with E-state index < -0.39 is 23.4 Å². The molecule has 0 spiro atoms. The topological polar surface area (TPSA) is 83.9 Å². The average Bonchev–Trinajstić information content (AvgIpc) is 2.93. The molecular formula is C20H27NO5. The zero-order valence-electron chi connectivity index (χ0n) is 16.1. The highest BCUT2D eigenvalue weighted by Crippen LogP contribution is 2.38. The lowest BCUT2D eigenvalue weighted by atomic mass is 9.78. The van der Waals surface area contributed by atoms with E-state index in [1.807, 2.05) is 33.8 Å². The van der Waals surface area contributed by atoms with E-state index >= 15 is 0 Å². The summed E-state index contributed by atoms with van der Waals surface area (Å²) in [6.45, 7) is 9.45. The lowest BCUT2D eigenvalue weighted by Crippen LogP contribution is -2.41. The highest BCUT2D eigenvalue weighted by molar-refractivity contribution is 5.85. The summed E-state index contributed by atoms with van der Waals surface area (Å²) in [6.07, 6.45) is 1.27. The SMILES string of the molecule is CC(=O)N1CCCC1C(=O)Oc1cc(C)cc(C)c1C(C)(C)CC(=O)O. The van der Waals surface area contributed by atoms with Crippen LogP contribution in [-0.4, -0.2) is 40.4 Å². The Labute approximate surface area is 154 Å². The van der Waals surface area contributed by atoms with Gasteiger partial charge in [-0.2, -0.15) is 0 Å². The molecule has 1 aromatic carbocycles. The molecule has 1 unspecified atom stereocenters. The molecule has 1 atom stereocenters. The largest absolute Gasteiger partial charge is 0.481 e. The molecule has 26 heavy (non-hydrogen) atoms. The van der Waals surface area contributed by atoms with Crippen LogP contribution >= 0.6 is 0 Å². The van der Waals surface area contributed by atoms with Gasteiger partial charge in [-0.15, -0.1) is 0 Å². The molecule has 1 fully saturated rings. The Morgan fingerprint density at radius 3 is 2.50 bits per heavy atom. The first-order valence-corrected chi connectivity index (χ1v) is 8.85. The summed E-state index contributed by atoms with van der Waals surface area (Å²) in [4.78, 5) is 37.3. The van der Waals surface area contributed by atoms with Crippen molar-refractivity contribution in [3.05, 3.63) is 28.8 Å². The molecule has 0 bridgehead atoms. The maximum Gasteiger partial charge on any atom is 0.334 e. The van der Waals surface area contributed by atoms with Gasteiger partial charge < -0.3 is 14.7 Å². The minimum absolute atomic E-state index is 0.0789. The van der Waals surface area contributed by atoms with Crippen LogP contribution in [0.5, 0.6) is 5.75 Å². The van der Waals surface area contributed by atoms with Crippen LogP contribution in [0.2, 0.25) is 0 Å². The van der Waals surface area contributed by atoms with E-state index in [4.69, 9.17) is 4.74 Å². The van der Waals surface area contributed by atoms with E-state index in [0.717, 1.165) is 17.5 Å². The minimum Gasteiger partial charge on any atom is -0.481 e. The Hall–Kier alpha value is -2.37. The fraction of sp³-hybridized carbons (Fsp3) is 0.550. The van der Waals surface area contributed by atoms with Gasteiger partial charge in [-0.1, -0.05) is 19.9 Å². The fourth-order valence-corrected chi connectivity index (χ4v) is 3.91. The van der Waals surface area contributed by atoms with Gasteiger partial charge in [0.2, 0.25) is 5.91 Å². The summed E-state index contributed by atoms with van der Waals surface area (Å²) >= 11 is 0. The monoisotopic (exact) mass is 361 g/mol. The third kappa shape index (κ3) is 4.23. The number of carboxylic acids is 1. The van der Waals surface area contributed by atoms with Gasteiger partial charge >= 0.3 is 11.9 Å². The number of hydrogen-bond acceptors (Lipinski definition) is 4. The van der Waals surface area contributed by atoms with Crippen molar-refractivity contribution in [3.63, 3.8) is 0 Å². The first kappa shape index (κ1) is 19.9. The van der Waals surface area contributed by atoms with Crippen molar-refractivity contribution in [2.45, 2.75) is 65.3 Å². The molecule has 142 valence electrons. The molecule has 0 aliphatic carbocycles. The maximum atomic E-state index is 12.7. The predicted molar refractivity (Wildman–Crippen MR) is 97.2 cm³/mol.